The van der Waals surface area contributed by atoms with E-state index < -0.39 is 5.97 Å². The van der Waals surface area contributed by atoms with Crippen LogP contribution in [0.3, 0.4) is 0 Å². The van der Waals surface area contributed by atoms with Gasteiger partial charge in [-0.2, -0.15) is 0 Å². The Labute approximate surface area is 126 Å². The van der Waals surface area contributed by atoms with Gasteiger partial charge in [0.05, 0.1) is 0 Å². The van der Waals surface area contributed by atoms with Crippen molar-refractivity contribution in [1.29, 1.82) is 0 Å². The summed E-state index contributed by atoms with van der Waals surface area (Å²) in [7, 11) is 0. The quantitative estimate of drug-likeness (QED) is 0.837. The number of carbonyl (C=O) groups is 1. The molecule has 21 heavy (non-hydrogen) atoms. The van der Waals surface area contributed by atoms with Gasteiger partial charge in [0.2, 0.25) is 0 Å². The first-order valence-electron chi connectivity index (χ1n) is 7.02. The zero-order valence-electron chi connectivity index (χ0n) is 13.7. The zero-order valence-corrected chi connectivity index (χ0v) is 13.7. The number of aliphatic imine (C=N–C) groups is 1. The molecular formula is C17H25NO3. The third kappa shape index (κ3) is 4.59. The summed E-state index contributed by atoms with van der Waals surface area (Å²) >= 11 is 0. The van der Waals surface area contributed by atoms with Crippen LogP contribution in [0.5, 0.6) is 5.75 Å². The van der Waals surface area contributed by atoms with Crippen molar-refractivity contribution >= 4 is 12.2 Å². The number of nitrogens with zero attached hydrogens (tertiary/aromatic N) is 1. The second-order valence-corrected chi connectivity index (χ2v) is 7.33. The molecule has 0 aliphatic heterocycles. The third-order valence-electron chi connectivity index (χ3n) is 3.27. The Hall–Kier alpha value is -1.84. The van der Waals surface area contributed by atoms with Crippen molar-refractivity contribution in [2.75, 3.05) is 6.54 Å². The van der Waals surface area contributed by atoms with Crippen molar-refractivity contribution in [3.8, 4) is 5.75 Å². The number of rotatable bonds is 3. The molecule has 0 unspecified atom stereocenters. The molecule has 0 radical (unpaired) electrons. The molecule has 0 aromatic heterocycles. The van der Waals surface area contributed by atoms with Gasteiger partial charge in [-0.25, -0.2) is 0 Å². The lowest BCUT2D eigenvalue weighted by Gasteiger charge is -2.26. The largest absolute Gasteiger partial charge is 0.507 e. The zero-order chi connectivity index (χ0) is 16.4. The third-order valence-corrected chi connectivity index (χ3v) is 3.27. The number of phenols is 1. The van der Waals surface area contributed by atoms with Gasteiger partial charge < -0.3 is 10.2 Å². The lowest BCUT2D eigenvalue weighted by molar-refractivity contribution is -0.135. The van der Waals surface area contributed by atoms with Crippen LogP contribution in [0.25, 0.3) is 0 Å². The normalized spacial score (nSPS) is 12.9. The van der Waals surface area contributed by atoms with Gasteiger partial charge in [-0.3, -0.25) is 9.79 Å². The Morgan fingerprint density at radius 3 is 2.14 bits per heavy atom. The second kappa shape index (κ2) is 5.88. The van der Waals surface area contributed by atoms with E-state index in [0.717, 1.165) is 11.1 Å². The summed E-state index contributed by atoms with van der Waals surface area (Å²) in [5.74, 6) is -0.821. The first-order chi connectivity index (χ1) is 9.43. The molecule has 0 saturated heterocycles. The maximum atomic E-state index is 10.6. The van der Waals surface area contributed by atoms with E-state index in [2.05, 4.69) is 25.8 Å². The highest BCUT2D eigenvalue weighted by atomic mass is 16.4. The molecule has 2 N–H and O–H groups in total. The number of carboxylic acids is 1. The molecule has 0 aliphatic carbocycles. The van der Waals surface area contributed by atoms with Gasteiger partial charge >= 0.3 is 5.97 Å². The standard InChI is InChI=1S/C17H25NO3/c1-16(2,3)12-7-11(9-18-10-14(19)20)15(21)13(8-12)17(4,5)6/h7-9,21H,10H2,1-6H3,(H,19,20). The van der Waals surface area contributed by atoms with Crippen LogP contribution in [0.4, 0.5) is 0 Å². The minimum Gasteiger partial charge on any atom is -0.507 e. The highest BCUT2D eigenvalue weighted by molar-refractivity contribution is 5.86. The molecule has 0 heterocycles. The van der Waals surface area contributed by atoms with Crippen LogP contribution in [0.15, 0.2) is 17.1 Å². The van der Waals surface area contributed by atoms with Crippen LogP contribution in [-0.2, 0) is 15.6 Å². The van der Waals surface area contributed by atoms with Gasteiger partial charge in [0.15, 0.2) is 0 Å². The number of aromatic hydroxyl groups is 1. The molecule has 0 atom stereocenters. The molecule has 116 valence electrons. The predicted molar refractivity (Wildman–Crippen MR) is 85.6 cm³/mol. The molecule has 0 saturated carbocycles. The smallest absolute Gasteiger partial charge is 0.325 e. The highest BCUT2D eigenvalue weighted by Crippen LogP contribution is 2.36. The fourth-order valence-electron chi connectivity index (χ4n) is 1.98. The average molecular weight is 291 g/mol. The molecule has 0 fully saturated rings. The first kappa shape index (κ1) is 17.2. The summed E-state index contributed by atoms with van der Waals surface area (Å²) in [6.45, 7) is 12.1. The number of hydrogen-bond acceptors (Lipinski definition) is 3. The highest BCUT2D eigenvalue weighted by Gasteiger charge is 2.24. The minimum absolute atomic E-state index is 0.0664. The Morgan fingerprint density at radius 2 is 1.71 bits per heavy atom. The molecule has 4 heteroatoms. The van der Waals surface area contributed by atoms with E-state index in [1.807, 2.05) is 32.9 Å². The number of carboxylic acid groups (broad SMARTS) is 1. The van der Waals surface area contributed by atoms with E-state index in [1.54, 1.807) is 0 Å². The fourth-order valence-corrected chi connectivity index (χ4v) is 1.98. The van der Waals surface area contributed by atoms with E-state index >= 15 is 0 Å². The molecule has 0 aliphatic rings. The van der Waals surface area contributed by atoms with E-state index in [9.17, 15) is 9.90 Å². The summed E-state index contributed by atoms with van der Waals surface area (Å²) in [5.41, 5.74) is 2.21. The van der Waals surface area contributed by atoms with Crippen LogP contribution in [-0.4, -0.2) is 28.9 Å². The van der Waals surface area contributed by atoms with Gasteiger partial charge in [0.1, 0.15) is 12.3 Å². The van der Waals surface area contributed by atoms with Crippen molar-refractivity contribution in [1.82, 2.24) is 0 Å². The predicted octanol–water partition coefficient (Wildman–Crippen LogP) is 3.49. The minimum atomic E-state index is -0.992. The summed E-state index contributed by atoms with van der Waals surface area (Å²) in [6.07, 6.45) is 1.44. The van der Waals surface area contributed by atoms with Crippen LogP contribution in [0.1, 0.15) is 58.2 Å². The van der Waals surface area contributed by atoms with Crippen molar-refractivity contribution in [2.24, 2.45) is 4.99 Å². The molecule has 1 rings (SSSR count). The van der Waals surface area contributed by atoms with E-state index in [0.29, 0.717) is 5.56 Å². The van der Waals surface area contributed by atoms with Crippen LogP contribution in [0, 0.1) is 0 Å². The van der Waals surface area contributed by atoms with Crippen molar-refractivity contribution in [3.63, 3.8) is 0 Å². The first-order valence-corrected chi connectivity index (χ1v) is 7.02. The van der Waals surface area contributed by atoms with E-state index in [-0.39, 0.29) is 23.1 Å². The van der Waals surface area contributed by atoms with Gasteiger partial charge in [-0.15, -0.1) is 0 Å². The van der Waals surface area contributed by atoms with Crippen LogP contribution in [0.2, 0.25) is 0 Å². The topological polar surface area (TPSA) is 69.9 Å². The molecule has 1 aromatic rings. The van der Waals surface area contributed by atoms with Crippen LogP contribution < -0.4 is 0 Å². The lowest BCUT2D eigenvalue weighted by Crippen LogP contribution is -2.17. The van der Waals surface area contributed by atoms with Crippen molar-refractivity contribution in [3.05, 3.63) is 28.8 Å². The average Bonchev–Trinajstić information content (AvgIpc) is 2.27. The van der Waals surface area contributed by atoms with Crippen molar-refractivity contribution in [2.45, 2.75) is 52.4 Å². The van der Waals surface area contributed by atoms with Crippen molar-refractivity contribution < 1.29 is 15.0 Å². The molecule has 0 bridgehead atoms. The van der Waals surface area contributed by atoms with Gasteiger partial charge in [0, 0.05) is 17.3 Å². The Balaban J connectivity index is 3.42. The maximum absolute atomic E-state index is 10.6. The SMILES string of the molecule is CC(C)(C)c1cc(C=NCC(=O)O)c(O)c(C(C)(C)C)c1. The lowest BCUT2D eigenvalue weighted by atomic mass is 9.79. The number of benzene rings is 1. The number of hydrogen-bond donors (Lipinski definition) is 2. The maximum Gasteiger partial charge on any atom is 0.325 e. The number of phenolic OH excluding ortho intramolecular Hbond substituents is 1. The molecule has 0 spiro atoms. The van der Waals surface area contributed by atoms with Gasteiger partial charge in [0.25, 0.3) is 0 Å². The molecule has 4 nitrogen and oxygen atoms in total. The van der Waals surface area contributed by atoms with Gasteiger partial charge in [-0.1, -0.05) is 47.6 Å². The summed E-state index contributed by atoms with van der Waals surface area (Å²) in [5, 5.41) is 19.1. The fraction of sp³-hybridized carbons (Fsp3) is 0.529. The molecule has 0 amide bonds. The van der Waals surface area contributed by atoms with Gasteiger partial charge in [-0.05, 0) is 22.5 Å². The summed E-state index contributed by atoms with van der Waals surface area (Å²) in [6, 6.07) is 3.89. The summed E-state index contributed by atoms with van der Waals surface area (Å²) in [4.78, 5) is 14.4. The number of aliphatic carboxylic acids is 1. The molecule has 1 aromatic carbocycles. The summed E-state index contributed by atoms with van der Waals surface area (Å²) < 4.78 is 0. The second-order valence-electron chi connectivity index (χ2n) is 7.33. The Morgan fingerprint density at radius 1 is 1.14 bits per heavy atom. The monoisotopic (exact) mass is 291 g/mol. The Kier molecular flexibility index (Phi) is 4.82. The molecular weight excluding hydrogens is 266 g/mol. The van der Waals surface area contributed by atoms with E-state index in [4.69, 9.17) is 5.11 Å². The van der Waals surface area contributed by atoms with E-state index in [1.165, 1.54) is 6.21 Å². The Bertz CT molecular complexity index is 561. The van der Waals surface area contributed by atoms with Crippen LogP contribution >= 0.6 is 0 Å².